The molecule has 0 aliphatic heterocycles. The Kier molecular flexibility index (Phi) is 5.88. The number of benzene rings is 3. The fourth-order valence-electron chi connectivity index (χ4n) is 6.51. The van der Waals surface area contributed by atoms with Gasteiger partial charge in [0.1, 0.15) is 0 Å². The molecule has 0 bridgehead atoms. The normalized spacial score (nSPS) is 19.2. The van der Waals surface area contributed by atoms with Crippen LogP contribution in [-0.2, 0) is 5.41 Å². The number of allylic oxidation sites excluding steroid dienone is 4. The Bertz CT molecular complexity index is 1300. The topological polar surface area (TPSA) is 0 Å². The Balaban J connectivity index is 1.69. The fraction of sp³-hybridized carbons (Fsp3) is 0.353. The van der Waals surface area contributed by atoms with E-state index in [4.69, 9.17) is 0 Å². The zero-order valence-corrected chi connectivity index (χ0v) is 21.7. The van der Waals surface area contributed by atoms with E-state index in [9.17, 15) is 0 Å². The van der Waals surface area contributed by atoms with Crippen molar-refractivity contribution in [3.05, 3.63) is 106 Å². The van der Waals surface area contributed by atoms with E-state index in [0.717, 1.165) is 6.42 Å². The monoisotopic (exact) mass is 446 g/mol. The van der Waals surface area contributed by atoms with E-state index in [-0.39, 0.29) is 5.41 Å². The number of aryl methyl sites for hydroxylation is 1. The summed E-state index contributed by atoms with van der Waals surface area (Å²) in [5.74, 6) is 1.05. The molecule has 174 valence electrons. The molecule has 0 heterocycles. The van der Waals surface area contributed by atoms with Gasteiger partial charge in [-0.2, -0.15) is 0 Å². The van der Waals surface area contributed by atoms with Crippen molar-refractivity contribution in [1.82, 2.24) is 0 Å². The molecule has 2 unspecified atom stereocenters. The van der Waals surface area contributed by atoms with Crippen LogP contribution in [0, 0.1) is 6.92 Å². The second-order valence-electron chi connectivity index (χ2n) is 11.0. The Labute approximate surface area is 206 Å². The molecule has 0 aromatic heterocycles. The van der Waals surface area contributed by atoms with Crippen LogP contribution in [0.1, 0.15) is 88.0 Å². The lowest BCUT2D eigenvalue weighted by Gasteiger charge is -2.27. The second kappa shape index (κ2) is 8.73. The first-order chi connectivity index (χ1) is 16.3. The Morgan fingerprint density at radius 1 is 0.912 bits per heavy atom. The van der Waals surface area contributed by atoms with E-state index >= 15 is 0 Å². The van der Waals surface area contributed by atoms with Gasteiger partial charge in [-0.25, -0.2) is 0 Å². The zero-order chi connectivity index (χ0) is 24.0. The Hall–Kier alpha value is -2.86. The Morgan fingerprint density at radius 2 is 1.65 bits per heavy atom. The standard InChI is InChI=1S/C34H38/c1-7-11-24(4)33-27(14-10-15-30(33)26-13-9-8-12-23(26)3)25-17-19-29-28-18-16-22(2)20-31(28)34(5,6)32(29)21-25/h8-10,12-17,19-21,24,28H,7,11,18H2,1-6H3. The van der Waals surface area contributed by atoms with Gasteiger partial charge < -0.3 is 0 Å². The van der Waals surface area contributed by atoms with Crippen LogP contribution in [0.2, 0.25) is 0 Å². The molecule has 0 heteroatoms. The largest absolute Gasteiger partial charge is 0.0807 e. The quantitative estimate of drug-likeness (QED) is 0.366. The molecule has 3 aromatic rings. The van der Waals surface area contributed by atoms with Gasteiger partial charge in [0.2, 0.25) is 0 Å². The highest BCUT2D eigenvalue weighted by atomic mass is 14.5. The first-order valence-corrected chi connectivity index (χ1v) is 13.1. The van der Waals surface area contributed by atoms with Crippen LogP contribution in [0.25, 0.3) is 22.3 Å². The maximum absolute atomic E-state index is 2.52. The summed E-state index contributed by atoms with van der Waals surface area (Å²) in [6.07, 6.45) is 8.38. The highest BCUT2D eigenvalue weighted by Gasteiger charge is 2.42. The van der Waals surface area contributed by atoms with Gasteiger partial charge >= 0.3 is 0 Å². The van der Waals surface area contributed by atoms with E-state index in [2.05, 4.69) is 114 Å². The predicted octanol–water partition coefficient (Wildman–Crippen LogP) is 9.88. The van der Waals surface area contributed by atoms with Crippen molar-refractivity contribution >= 4 is 0 Å². The van der Waals surface area contributed by atoms with Gasteiger partial charge in [0.15, 0.2) is 0 Å². The second-order valence-corrected chi connectivity index (χ2v) is 11.0. The van der Waals surface area contributed by atoms with Crippen LogP contribution >= 0.6 is 0 Å². The summed E-state index contributed by atoms with van der Waals surface area (Å²) in [4.78, 5) is 0. The number of rotatable bonds is 5. The predicted molar refractivity (Wildman–Crippen MR) is 148 cm³/mol. The highest BCUT2D eigenvalue weighted by Crippen LogP contribution is 2.54. The fourth-order valence-corrected chi connectivity index (χ4v) is 6.51. The number of fused-ring (bicyclic) bond motifs is 3. The molecule has 0 spiro atoms. The van der Waals surface area contributed by atoms with Gasteiger partial charge in [0.05, 0.1) is 0 Å². The first kappa shape index (κ1) is 22.9. The number of hydrogen-bond acceptors (Lipinski definition) is 0. The molecule has 2 atom stereocenters. The number of hydrogen-bond donors (Lipinski definition) is 0. The van der Waals surface area contributed by atoms with E-state index < -0.39 is 0 Å². The van der Waals surface area contributed by atoms with Gasteiger partial charge in [-0.15, -0.1) is 0 Å². The molecule has 5 rings (SSSR count). The maximum atomic E-state index is 2.52. The zero-order valence-electron chi connectivity index (χ0n) is 21.7. The summed E-state index contributed by atoms with van der Waals surface area (Å²) in [5, 5.41) is 0. The lowest BCUT2D eigenvalue weighted by atomic mass is 9.77. The summed E-state index contributed by atoms with van der Waals surface area (Å²) in [6.45, 7) is 14.0. The highest BCUT2D eigenvalue weighted by molar-refractivity contribution is 5.81. The molecule has 0 nitrogen and oxygen atoms in total. The van der Waals surface area contributed by atoms with Crippen molar-refractivity contribution in [3.8, 4) is 22.3 Å². The smallest absolute Gasteiger partial charge is 0.0118 e. The minimum atomic E-state index is 0.0777. The lowest BCUT2D eigenvalue weighted by Crippen LogP contribution is -2.17. The third kappa shape index (κ3) is 3.68. The van der Waals surface area contributed by atoms with Gasteiger partial charge in [0, 0.05) is 11.3 Å². The van der Waals surface area contributed by atoms with E-state index in [1.54, 1.807) is 5.57 Å². The average molecular weight is 447 g/mol. The molecule has 0 amide bonds. The van der Waals surface area contributed by atoms with E-state index in [1.807, 2.05) is 0 Å². The molecular weight excluding hydrogens is 408 g/mol. The SMILES string of the molecule is CCCC(C)c1c(-c2ccc3c(c2)C(C)(C)C2=CC(C)=CCC23)cccc1-c1ccccc1C. The lowest BCUT2D eigenvalue weighted by molar-refractivity contribution is 0.610. The summed E-state index contributed by atoms with van der Waals surface area (Å²) in [6, 6.07) is 23.1. The van der Waals surface area contributed by atoms with Crippen molar-refractivity contribution in [2.45, 2.75) is 78.1 Å². The molecular formula is C34H38. The molecule has 0 saturated heterocycles. The summed E-state index contributed by atoms with van der Waals surface area (Å²) in [5.41, 5.74) is 14.5. The summed E-state index contributed by atoms with van der Waals surface area (Å²) in [7, 11) is 0. The minimum Gasteiger partial charge on any atom is -0.0807 e. The van der Waals surface area contributed by atoms with Crippen LogP contribution in [0.4, 0.5) is 0 Å². The van der Waals surface area contributed by atoms with E-state index in [0.29, 0.717) is 11.8 Å². The third-order valence-electron chi connectivity index (χ3n) is 8.32. The van der Waals surface area contributed by atoms with Crippen LogP contribution < -0.4 is 0 Å². The first-order valence-electron chi connectivity index (χ1n) is 13.1. The summed E-state index contributed by atoms with van der Waals surface area (Å²) < 4.78 is 0. The van der Waals surface area contributed by atoms with Crippen LogP contribution in [0.5, 0.6) is 0 Å². The molecule has 2 aliphatic carbocycles. The molecule has 2 aliphatic rings. The molecule has 0 saturated carbocycles. The van der Waals surface area contributed by atoms with Gasteiger partial charge in [-0.1, -0.05) is 112 Å². The van der Waals surface area contributed by atoms with Gasteiger partial charge in [-0.05, 0) is 83.2 Å². The van der Waals surface area contributed by atoms with Crippen molar-refractivity contribution in [2.24, 2.45) is 0 Å². The van der Waals surface area contributed by atoms with Crippen molar-refractivity contribution in [1.29, 1.82) is 0 Å². The summed E-state index contributed by atoms with van der Waals surface area (Å²) >= 11 is 0. The van der Waals surface area contributed by atoms with Crippen molar-refractivity contribution in [2.75, 3.05) is 0 Å². The Morgan fingerprint density at radius 3 is 2.41 bits per heavy atom. The molecule has 34 heavy (non-hydrogen) atoms. The van der Waals surface area contributed by atoms with Crippen LogP contribution in [0.3, 0.4) is 0 Å². The molecule has 3 aromatic carbocycles. The van der Waals surface area contributed by atoms with Crippen LogP contribution in [0.15, 0.2) is 84.0 Å². The molecule has 0 N–H and O–H groups in total. The van der Waals surface area contributed by atoms with Gasteiger partial charge in [0.25, 0.3) is 0 Å². The maximum Gasteiger partial charge on any atom is 0.0118 e. The minimum absolute atomic E-state index is 0.0777. The van der Waals surface area contributed by atoms with Crippen molar-refractivity contribution in [3.63, 3.8) is 0 Å². The van der Waals surface area contributed by atoms with Crippen LogP contribution in [-0.4, -0.2) is 0 Å². The van der Waals surface area contributed by atoms with Crippen molar-refractivity contribution < 1.29 is 0 Å². The molecule has 0 radical (unpaired) electrons. The van der Waals surface area contributed by atoms with E-state index in [1.165, 1.54) is 62.9 Å². The molecule has 0 fully saturated rings. The third-order valence-corrected chi connectivity index (χ3v) is 8.32. The average Bonchev–Trinajstić information content (AvgIpc) is 3.05. The van der Waals surface area contributed by atoms with Gasteiger partial charge in [-0.3, -0.25) is 0 Å².